The van der Waals surface area contributed by atoms with Gasteiger partial charge in [-0.2, -0.15) is 5.10 Å². The lowest BCUT2D eigenvalue weighted by atomic mass is 9.77. The summed E-state index contributed by atoms with van der Waals surface area (Å²) in [6.45, 7) is 1.44. The standard InChI is InChI=1S/C15H17ClFN5O/c16-11-3-12(17)15(19-4-11)21-5-9-1-13(22-8-18-7-20-22)14(23)2-10(9)6-21/h3-4,7-10,13-14,23H,1-2,5-6H2/t9-,10+,13-,14-/m1/s1. The summed E-state index contributed by atoms with van der Waals surface area (Å²) in [6.07, 6.45) is 5.62. The van der Waals surface area contributed by atoms with Gasteiger partial charge in [-0.15, -0.1) is 0 Å². The molecule has 6 nitrogen and oxygen atoms in total. The maximum atomic E-state index is 14.1. The van der Waals surface area contributed by atoms with E-state index in [2.05, 4.69) is 15.1 Å². The number of aliphatic hydroxyl groups is 1. The summed E-state index contributed by atoms with van der Waals surface area (Å²) in [4.78, 5) is 10.0. The molecule has 0 spiro atoms. The van der Waals surface area contributed by atoms with Crippen molar-refractivity contribution in [2.75, 3.05) is 18.0 Å². The first-order chi connectivity index (χ1) is 11.1. The Morgan fingerprint density at radius 2 is 2.04 bits per heavy atom. The van der Waals surface area contributed by atoms with E-state index in [1.54, 1.807) is 11.0 Å². The van der Waals surface area contributed by atoms with Crippen LogP contribution in [-0.2, 0) is 0 Å². The summed E-state index contributed by atoms with van der Waals surface area (Å²) >= 11 is 5.77. The van der Waals surface area contributed by atoms with Gasteiger partial charge in [0.1, 0.15) is 12.7 Å². The van der Waals surface area contributed by atoms with Crippen LogP contribution in [0.1, 0.15) is 18.9 Å². The highest BCUT2D eigenvalue weighted by molar-refractivity contribution is 6.30. The number of rotatable bonds is 2. The Morgan fingerprint density at radius 1 is 1.26 bits per heavy atom. The van der Waals surface area contributed by atoms with Crippen molar-refractivity contribution >= 4 is 17.4 Å². The summed E-state index contributed by atoms with van der Waals surface area (Å²) in [5, 5.41) is 14.9. The van der Waals surface area contributed by atoms with E-state index < -0.39 is 11.9 Å². The Morgan fingerprint density at radius 3 is 2.74 bits per heavy atom. The fourth-order valence-electron chi connectivity index (χ4n) is 3.89. The first kappa shape index (κ1) is 14.8. The third-order valence-electron chi connectivity index (χ3n) is 4.97. The third-order valence-corrected chi connectivity index (χ3v) is 5.18. The largest absolute Gasteiger partial charge is 0.391 e. The third kappa shape index (κ3) is 2.68. The first-order valence-corrected chi connectivity index (χ1v) is 8.08. The minimum atomic E-state index is -0.457. The minimum absolute atomic E-state index is 0.0678. The molecular formula is C15H17ClFN5O. The summed E-state index contributed by atoms with van der Waals surface area (Å²) in [7, 11) is 0. The lowest BCUT2D eigenvalue weighted by Gasteiger charge is -2.34. The molecule has 0 radical (unpaired) electrons. The molecule has 1 aliphatic carbocycles. The molecule has 4 rings (SSSR count). The van der Waals surface area contributed by atoms with Gasteiger partial charge in [0.2, 0.25) is 0 Å². The second-order valence-corrected chi connectivity index (χ2v) is 6.80. The number of nitrogens with zero attached hydrogens (tertiary/aromatic N) is 5. The Labute approximate surface area is 137 Å². The molecule has 8 heteroatoms. The summed E-state index contributed by atoms with van der Waals surface area (Å²) in [5.41, 5.74) is 0. The number of fused-ring (bicyclic) bond motifs is 1. The van der Waals surface area contributed by atoms with Gasteiger partial charge in [-0.3, -0.25) is 0 Å². The van der Waals surface area contributed by atoms with Crippen molar-refractivity contribution in [1.29, 1.82) is 0 Å². The number of aliphatic hydroxyl groups excluding tert-OH is 1. The van der Waals surface area contributed by atoms with Crippen LogP contribution in [0.3, 0.4) is 0 Å². The monoisotopic (exact) mass is 337 g/mol. The smallest absolute Gasteiger partial charge is 0.167 e. The number of pyridine rings is 1. The molecule has 0 aromatic carbocycles. The number of hydrogen-bond donors (Lipinski definition) is 1. The molecule has 23 heavy (non-hydrogen) atoms. The first-order valence-electron chi connectivity index (χ1n) is 7.70. The van der Waals surface area contributed by atoms with Crippen molar-refractivity contribution in [3.8, 4) is 0 Å². The zero-order valence-corrected chi connectivity index (χ0v) is 13.1. The highest BCUT2D eigenvalue weighted by atomic mass is 35.5. The van der Waals surface area contributed by atoms with E-state index in [0.29, 0.717) is 35.6 Å². The van der Waals surface area contributed by atoms with E-state index >= 15 is 0 Å². The summed E-state index contributed by atoms with van der Waals surface area (Å²) < 4.78 is 15.8. The zero-order valence-electron chi connectivity index (χ0n) is 12.4. The van der Waals surface area contributed by atoms with Crippen molar-refractivity contribution < 1.29 is 9.50 Å². The van der Waals surface area contributed by atoms with E-state index in [4.69, 9.17) is 11.6 Å². The van der Waals surface area contributed by atoms with Gasteiger partial charge in [-0.05, 0) is 30.7 Å². The molecule has 0 bridgehead atoms. The van der Waals surface area contributed by atoms with Crippen LogP contribution in [0.15, 0.2) is 24.9 Å². The van der Waals surface area contributed by atoms with E-state index in [1.165, 1.54) is 18.6 Å². The Kier molecular flexibility index (Phi) is 3.69. The average molecular weight is 338 g/mol. The molecule has 1 saturated heterocycles. The molecule has 2 fully saturated rings. The minimum Gasteiger partial charge on any atom is -0.391 e. The Balaban J connectivity index is 1.53. The van der Waals surface area contributed by atoms with Crippen LogP contribution >= 0.6 is 11.6 Å². The van der Waals surface area contributed by atoms with Gasteiger partial charge in [-0.25, -0.2) is 19.0 Å². The van der Waals surface area contributed by atoms with E-state index in [0.717, 1.165) is 13.0 Å². The molecule has 122 valence electrons. The highest BCUT2D eigenvalue weighted by Crippen LogP contribution is 2.42. The van der Waals surface area contributed by atoms with Gasteiger partial charge in [0.15, 0.2) is 11.6 Å². The fourth-order valence-corrected chi connectivity index (χ4v) is 4.04. The molecule has 2 aliphatic rings. The summed E-state index contributed by atoms with van der Waals surface area (Å²) in [5.74, 6) is 0.659. The average Bonchev–Trinajstić information content (AvgIpc) is 3.14. The predicted octanol–water partition coefficient (Wildman–Crippen LogP) is 1.91. The maximum absolute atomic E-state index is 14.1. The van der Waals surface area contributed by atoms with Gasteiger partial charge < -0.3 is 10.0 Å². The molecule has 1 saturated carbocycles. The summed E-state index contributed by atoms with van der Waals surface area (Å²) in [6, 6.07) is 1.22. The Hall–Kier alpha value is -1.73. The van der Waals surface area contributed by atoms with Crippen molar-refractivity contribution in [3.05, 3.63) is 35.8 Å². The van der Waals surface area contributed by atoms with E-state index in [9.17, 15) is 9.50 Å². The molecular weight excluding hydrogens is 321 g/mol. The number of anilines is 1. The lowest BCUT2D eigenvalue weighted by Crippen LogP contribution is -2.36. The van der Waals surface area contributed by atoms with Crippen LogP contribution in [-0.4, -0.2) is 44.0 Å². The lowest BCUT2D eigenvalue weighted by molar-refractivity contribution is 0.0305. The van der Waals surface area contributed by atoms with Crippen molar-refractivity contribution in [1.82, 2.24) is 19.7 Å². The predicted molar refractivity (Wildman–Crippen MR) is 82.7 cm³/mol. The molecule has 1 N–H and O–H groups in total. The van der Waals surface area contributed by atoms with Crippen LogP contribution in [0, 0.1) is 17.7 Å². The number of hydrogen-bond acceptors (Lipinski definition) is 5. The van der Waals surface area contributed by atoms with Crippen LogP contribution in [0.25, 0.3) is 0 Å². The van der Waals surface area contributed by atoms with Crippen LogP contribution in [0.5, 0.6) is 0 Å². The van der Waals surface area contributed by atoms with Gasteiger partial charge in [0.25, 0.3) is 0 Å². The highest BCUT2D eigenvalue weighted by Gasteiger charge is 2.43. The van der Waals surface area contributed by atoms with E-state index in [-0.39, 0.29) is 6.04 Å². The Bertz CT molecular complexity index is 697. The quantitative estimate of drug-likeness (QED) is 0.906. The van der Waals surface area contributed by atoms with Crippen molar-refractivity contribution in [2.24, 2.45) is 11.8 Å². The molecule has 0 amide bonds. The van der Waals surface area contributed by atoms with Crippen molar-refractivity contribution in [3.63, 3.8) is 0 Å². The van der Waals surface area contributed by atoms with E-state index in [1.807, 2.05) is 4.90 Å². The molecule has 1 aliphatic heterocycles. The second-order valence-electron chi connectivity index (χ2n) is 6.37. The van der Waals surface area contributed by atoms with Crippen LogP contribution in [0.4, 0.5) is 10.2 Å². The van der Waals surface area contributed by atoms with Crippen LogP contribution in [0.2, 0.25) is 5.02 Å². The van der Waals surface area contributed by atoms with Crippen LogP contribution < -0.4 is 4.90 Å². The van der Waals surface area contributed by atoms with Gasteiger partial charge in [0, 0.05) is 19.3 Å². The molecule has 2 aromatic heterocycles. The molecule has 4 atom stereocenters. The van der Waals surface area contributed by atoms with Gasteiger partial charge in [0.05, 0.1) is 17.2 Å². The van der Waals surface area contributed by atoms with Crippen molar-refractivity contribution in [2.45, 2.75) is 25.0 Å². The topological polar surface area (TPSA) is 67.1 Å². The van der Waals surface area contributed by atoms with Gasteiger partial charge in [-0.1, -0.05) is 11.6 Å². The van der Waals surface area contributed by atoms with Gasteiger partial charge >= 0.3 is 0 Å². The normalized spacial score (nSPS) is 30.5. The number of halogens is 2. The zero-order chi connectivity index (χ0) is 16.0. The molecule has 2 aromatic rings. The number of aromatic nitrogens is 4. The SMILES string of the molecule is O[C@@H]1C[C@H]2CN(c3ncc(Cl)cc3F)C[C@H]2C[C@H]1n1cncn1. The maximum Gasteiger partial charge on any atom is 0.167 e. The fraction of sp³-hybridized carbons (Fsp3) is 0.533. The molecule has 3 heterocycles. The molecule has 0 unspecified atom stereocenters. The second kappa shape index (κ2) is 5.72.